The molecular formula is C23H36N4O2. The van der Waals surface area contributed by atoms with E-state index >= 15 is 0 Å². The molecule has 4 atom stereocenters. The average Bonchev–Trinajstić information content (AvgIpc) is 3.36. The predicted molar refractivity (Wildman–Crippen MR) is 113 cm³/mol. The average molecular weight is 401 g/mol. The third-order valence-electron chi connectivity index (χ3n) is 6.33. The van der Waals surface area contributed by atoms with E-state index in [1.54, 1.807) is 0 Å². The van der Waals surface area contributed by atoms with Crippen LogP contribution in [0.1, 0.15) is 107 Å². The first kappa shape index (κ1) is 20.6. The highest BCUT2D eigenvalue weighted by atomic mass is 16.5. The Bertz CT molecular complexity index is 791. The van der Waals surface area contributed by atoms with Crippen LogP contribution in [0.2, 0.25) is 0 Å². The summed E-state index contributed by atoms with van der Waals surface area (Å²) in [5.41, 5.74) is 3.61. The fourth-order valence-corrected chi connectivity index (χ4v) is 4.82. The molecule has 4 rings (SSSR count). The van der Waals surface area contributed by atoms with Crippen molar-refractivity contribution in [2.75, 3.05) is 6.61 Å². The summed E-state index contributed by atoms with van der Waals surface area (Å²) < 4.78 is 16.8. The number of hydrogen-bond donors (Lipinski definition) is 0. The molecule has 2 aromatic rings. The summed E-state index contributed by atoms with van der Waals surface area (Å²) in [7, 11) is 0. The first-order valence-corrected chi connectivity index (χ1v) is 11.4. The van der Waals surface area contributed by atoms with E-state index in [4.69, 9.17) is 14.6 Å². The summed E-state index contributed by atoms with van der Waals surface area (Å²) in [5, 5.41) is 9.34. The summed E-state index contributed by atoms with van der Waals surface area (Å²) in [6, 6.07) is 4.35. The molecule has 0 aliphatic carbocycles. The molecule has 4 unspecified atom stereocenters. The minimum absolute atomic E-state index is 0.0571. The van der Waals surface area contributed by atoms with E-state index in [9.17, 15) is 0 Å². The largest absolute Gasteiger partial charge is 0.357 e. The Kier molecular flexibility index (Phi) is 6.40. The molecule has 4 heterocycles. The number of nitrogens with zero attached hydrogens (tertiary/aromatic N) is 4. The minimum Gasteiger partial charge on any atom is -0.357 e. The third kappa shape index (κ3) is 4.58. The molecule has 0 amide bonds. The molecule has 2 aromatic heterocycles. The van der Waals surface area contributed by atoms with Crippen molar-refractivity contribution < 1.29 is 9.47 Å². The van der Waals surface area contributed by atoms with Gasteiger partial charge in [-0.2, -0.15) is 10.2 Å². The Labute approximate surface area is 174 Å². The van der Waals surface area contributed by atoms with Gasteiger partial charge in [0, 0.05) is 30.1 Å². The number of rotatable bonds is 6. The summed E-state index contributed by atoms with van der Waals surface area (Å²) >= 11 is 0. The van der Waals surface area contributed by atoms with Crippen LogP contribution in [0.25, 0.3) is 0 Å². The lowest BCUT2D eigenvalue weighted by Gasteiger charge is -2.33. The molecule has 2 aliphatic rings. The van der Waals surface area contributed by atoms with Crippen molar-refractivity contribution in [3.05, 3.63) is 35.4 Å². The van der Waals surface area contributed by atoms with Crippen LogP contribution in [-0.4, -0.2) is 32.3 Å². The Hall–Kier alpha value is -1.66. The molecule has 0 spiro atoms. The predicted octanol–water partition coefficient (Wildman–Crippen LogP) is 5.47. The van der Waals surface area contributed by atoms with Gasteiger partial charge < -0.3 is 9.47 Å². The Balaban J connectivity index is 1.44. The second-order valence-corrected chi connectivity index (χ2v) is 9.11. The van der Waals surface area contributed by atoms with Crippen LogP contribution in [0.4, 0.5) is 0 Å². The summed E-state index contributed by atoms with van der Waals surface area (Å²) in [4.78, 5) is 0. The molecule has 29 heavy (non-hydrogen) atoms. The Morgan fingerprint density at radius 3 is 2.62 bits per heavy atom. The maximum atomic E-state index is 6.55. The van der Waals surface area contributed by atoms with Crippen molar-refractivity contribution in [1.82, 2.24) is 19.6 Å². The molecule has 0 radical (unpaired) electrons. The van der Waals surface area contributed by atoms with E-state index in [0.717, 1.165) is 44.4 Å². The smallest absolute Gasteiger partial charge is 0.150 e. The lowest BCUT2D eigenvalue weighted by atomic mass is 9.94. The van der Waals surface area contributed by atoms with Crippen molar-refractivity contribution >= 4 is 0 Å². The molecular weight excluding hydrogens is 364 g/mol. The Morgan fingerprint density at radius 1 is 1.03 bits per heavy atom. The quantitative estimate of drug-likeness (QED) is 0.645. The second-order valence-electron chi connectivity index (χ2n) is 9.11. The van der Waals surface area contributed by atoms with Crippen molar-refractivity contribution in [2.24, 2.45) is 0 Å². The van der Waals surface area contributed by atoms with Gasteiger partial charge in [-0.25, -0.2) is 9.36 Å². The normalized spacial score (nSPS) is 26.7. The molecule has 2 fully saturated rings. The van der Waals surface area contributed by atoms with Gasteiger partial charge in [0.15, 0.2) is 6.23 Å². The topological polar surface area (TPSA) is 54.1 Å². The zero-order chi connectivity index (χ0) is 20.4. The van der Waals surface area contributed by atoms with Crippen LogP contribution in [0, 0.1) is 6.92 Å². The van der Waals surface area contributed by atoms with E-state index in [0.29, 0.717) is 11.8 Å². The first-order valence-electron chi connectivity index (χ1n) is 11.4. The third-order valence-corrected chi connectivity index (χ3v) is 6.33. The van der Waals surface area contributed by atoms with Gasteiger partial charge in [0.1, 0.15) is 6.23 Å². The van der Waals surface area contributed by atoms with Gasteiger partial charge in [-0.05, 0) is 69.9 Å². The van der Waals surface area contributed by atoms with E-state index in [2.05, 4.69) is 54.3 Å². The fraction of sp³-hybridized carbons (Fsp3) is 0.739. The van der Waals surface area contributed by atoms with Gasteiger partial charge in [0.2, 0.25) is 0 Å². The molecule has 2 saturated heterocycles. The molecule has 0 N–H and O–H groups in total. The molecule has 2 aliphatic heterocycles. The number of ether oxygens (including phenoxy) is 2. The summed E-state index contributed by atoms with van der Waals surface area (Å²) in [6.45, 7) is 9.65. The number of hydrogen-bond acceptors (Lipinski definition) is 4. The molecule has 6 heteroatoms. The molecule has 0 saturated carbocycles. The maximum Gasteiger partial charge on any atom is 0.150 e. The van der Waals surface area contributed by atoms with E-state index in [1.165, 1.54) is 24.2 Å². The molecule has 0 aromatic carbocycles. The lowest BCUT2D eigenvalue weighted by molar-refractivity contribution is -0.101. The van der Waals surface area contributed by atoms with E-state index in [-0.39, 0.29) is 18.6 Å². The van der Waals surface area contributed by atoms with Crippen LogP contribution >= 0.6 is 0 Å². The SMILES string of the molecule is Cc1cc(C(C)CC2CCCC(n3nccc3C(C)C)O2)n(C2CCCCO2)n1. The summed E-state index contributed by atoms with van der Waals surface area (Å²) in [5.74, 6) is 0.834. The zero-order valence-electron chi connectivity index (χ0n) is 18.4. The van der Waals surface area contributed by atoms with Gasteiger partial charge in [-0.15, -0.1) is 0 Å². The van der Waals surface area contributed by atoms with Gasteiger partial charge in [-0.3, -0.25) is 0 Å². The zero-order valence-corrected chi connectivity index (χ0v) is 18.4. The molecule has 6 nitrogen and oxygen atoms in total. The van der Waals surface area contributed by atoms with Crippen LogP contribution in [-0.2, 0) is 9.47 Å². The van der Waals surface area contributed by atoms with Crippen LogP contribution < -0.4 is 0 Å². The highest BCUT2D eigenvalue weighted by Crippen LogP contribution is 2.35. The van der Waals surface area contributed by atoms with Crippen LogP contribution in [0.15, 0.2) is 18.3 Å². The van der Waals surface area contributed by atoms with Crippen molar-refractivity contribution in [3.63, 3.8) is 0 Å². The van der Waals surface area contributed by atoms with Crippen molar-refractivity contribution in [3.8, 4) is 0 Å². The van der Waals surface area contributed by atoms with Crippen molar-refractivity contribution in [1.29, 1.82) is 0 Å². The summed E-state index contributed by atoms with van der Waals surface area (Å²) in [6.07, 6.45) is 10.1. The van der Waals surface area contributed by atoms with Gasteiger partial charge in [-0.1, -0.05) is 20.8 Å². The second kappa shape index (κ2) is 9.00. The Morgan fingerprint density at radius 2 is 1.86 bits per heavy atom. The number of aryl methyl sites for hydroxylation is 1. The molecule has 0 bridgehead atoms. The highest BCUT2D eigenvalue weighted by Gasteiger charge is 2.29. The van der Waals surface area contributed by atoms with Gasteiger partial charge in [0.25, 0.3) is 0 Å². The maximum absolute atomic E-state index is 6.55. The number of aromatic nitrogens is 4. The lowest BCUT2D eigenvalue weighted by Crippen LogP contribution is -2.29. The monoisotopic (exact) mass is 400 g/mol. The van der Waals surface area contributed by atoms with E-state index in [1.807, 2.05) is 6.20 Å². The van der Waals surface area contributed by atoms with Gasteiger partial charge >= 0.3 is 0 Å². The fourth-order valence-electron chi connectivity index (χ4n) is 4.82. The minimum atomic E-state index is 0.0571. The van der Waals surface area contributed by atoms with Crippen LogP contribution in [0.3, 0.4) is 0 Å². The standard InChI is InChI=1S/C23H36N4O2/c1-16(2)20-11-12-24-26(20)23-10-7-8-19(29-23)14-17(3)21-15-18(4)25-27(21)22-9-5-6-13-28-22/h11-12,15-17,19,22-23H,5-10,13-14H2,1-4H3. The van der Waals surface area contributed by atoms with Gasteiger partial charge in [0.05, 0.1) is 11.8 Å². The van der Waals surface area contributed by atoms with Crippen molar-refractivity contribution in [2.45, 2.75) is 103 Å². The van der Waals surface area contributed by atoms with Crippen LogP contribution in [0.5, 0.6) is 0 Å². The molecule has 160 valence electrons. The first-order chi connectivity index (χ1) is 14.0. The highest BCUT2D eigenvalue weighted by molar-refractivity contribution is 5.14. The van der Waals surface area contributed by atoms with E-state index < -0.39 is 0 Å².